The first-order chi connectivity index (χ1) is 12.8. The molecule has 2 aromatic heterocycles. The molecular weight excluding hydrogens is 326 g/mol. The number of aromatic nitrogens is 2. The zero-order chi connectivity index (χ0) is 17.9. The molecule has 0 bridgehead atoms. The molecule has 0 aliphatic rings. The highest BCUT2D eigenvalue weighted by Crippen LogP contribution is 2.27. The summed E-state index contributed by atoms with van der Waals surface area (Å²) >= 11 is 0. The molecule has 5 heteroatoms. The summed E-state index contributed by atoms with van der Waals surface area (Å²) in [5, 5.41) is 9.74. The maximum atomic E-state index is 12.1. The summed E-state index contributed by atoms with van der Waals surface area (Å²) in [7, 11) is 0. The number of hydrogen-bond acceptors (Lipinski definition) is 4. The predicted molar refractivity (Wildman–Crippen MR) is 99.7 cm³/mol. The summed E-state index contributed by atoms with van der Waals surface area (Å²) in [4.78, 5) is 20.7. The van der Waals surface area contributed by atoms with E-state index in [0.717, 1.165) is 16.7 Å². The Morgan fingerprint density at radius 1 is 0.846 bits per heavy atom. The van der Waals surface area contributed by atoms with Gasteiger partial charge in [0, 0.05) is 23.3 Å². The van der Waals surface area contributed by atoms with Crippen molar-refractivity contribution >= 4 is 16.8 Å². The molecule has 1 amide bonds. The van der Waals surface area contributed by atoms with E-state index in [1.165, 1.54) is 0 Å². The molecule has 0 atom stereocenters. The van der Waals surface area contributed by atoms with Crippen molar-refractivity contribution in [1.29, 1.82) is 0 Å². The quantitative estimate of drug-likeness (QED) is 0.435. The molecule has 2 heterocycles. The zero-order valence-corrected chi connectivity index (χ0v) is 13.8. The average Bonchev–Trinajstić information content (AvgIpc) is 2.73. The van der Waals surface area contributed by atoms with Gasteiger partial charge in [0.05, 0.1) is 16.8 Å². The molecule has 0 radical (unpaired) electrons. The number of hydrogen-bond donors (Lipinski definition) is 2. The van der Waals surface area contributed by atoms with Crippen molar-refractivity contribution < 1.29 is 10.0 Å². The van der Waals surface area contributed by atoms with Crippen molar-refractivity contribution in [3.63, 3.8) is 0 Å². The smallest absolute Gasteiger partial charge is 0.275 e. The summed E-state index contributed by atoms with van der Waals surface area (Å²) in [6.07, 6.45) is 3.52. The third kappa shape index (κ3) is 2.92. The van der Waals surface area contributed by atoms with E-state index in [9.17, 15) is 4.79 Å². The lowest BCUT2D eigenvalue weighted by atomic mass is 10.0. The molecule has 0 fully saturated rings. The van der Waals surface area contributed by atoms with Crippen LogP contribution in [-0.4, -0.2) is 21.1 Å². The van der Waals surface area contributed by atoms with Crippen LogP contribution in [0.4, 0.5) is 0 Å². The molecule has 0 saturated carbocycles. The summed E-state index contributed by atoms with van der Waals surface area (Å²) < 4.78 is 0. The highest BCUT2D eigenvalue weighted by atomic mass is 16.5. The van der Waals surface area contributed by atoms with Crippen molar-refractivity contribution in [1.82, 2.24) is 15.4 Å². The minimum atomic E-state index is -0.557. The van der Waals surface area contributed by atoms with Crippen molar-refractivity contribution in [2.45, 2.75) is 0 Å². The zero-order valence-electron chi connectivity index (χ0n) is 13.8. The van der Waals surface area contributed by atoms with Crippen LogP contribution in [0.15, 0.2) is 79.1 Å². The van der Waals surface area contributed by atoms with E-state index in [4.69, 9.17) is 5.21 Å². The molecule has 126 valence electrons. The Kier molecular flexibility index (Phi) is 4.13. The third-order valence-electron chi connectivity index (χ3n) is 4.26. The van der Waals surface area contributed by atoms with Crippen molar-refractivity contribution in [3.05, 3.63) is 84.7 Å². The van der Waals surface area contributed by atoms with Gasteiger partial charge in [-0.15, -0.1) is 0 Å². The summed E-state index contributed by atoms with van der Waals surface area (Å²) in [6.45, 7) is 0. The number of fused-ring (bicyclic) bond motifs is 1. The van der Waals surface area contributed by atoms with Crippen LogP contribution >= 0.6 is 0 Å². The molecule has 4 aromatic rings. The Morgan fingerprint density at radius 2 is 1.50 bits per heavy atom. The second-order valence-electron chi connectivity index (χ2n) is 5.83. The van der Waals surface area contributed by atoms with Gasteiger partial charge in [0.15, 0.2) is 0 Å². The summed E-state index contributed by atoms with van der Waals surface area (Å²) in [5.74, 6) is -0.557. The fraction of sp³-hybridized carbons (Fsp3) is 0. The van der Waals surface area contributed by atoms with Crippen LogP contribution in [0.3, 0.4) is 0 Å². The Balaban J connectivity index is 1.80. The van der Waals surface area contributed by atoms with Gasteiger partial charge in [-0.3, -0.25) is 15.0 Å². The molecule has 2 aromatic carbocycles. The number of para-hydroxylation sites is 1. The van der Waals surface area contributed by atoms with Crippen molar-refractivity contribution in [3.8, 4) is 22.4 Å². The van der Waals surface area contributed by atoms with E-state index in [0.29, 0.717) is 22.2 Å². The standard InChI is InChI=1S/C21H15N3O2/c25-21(24-26)18-13-20(23-19-4-2-1-3-17(18)19)16-7-5-14(6-8-16)15-9-11-22-12-10-15/h1-13,26H,(H,24,25). The van der Waals surface area contributed by atoms with Crippen LogP contribution in [-0.2, 0) is 0 Å². The maximum Gasteiger partial charge on any atom is 0.275 e. The lowest BCUT2D eigenvalue weighted by Gasteiger charge is -2.09. The number of hydroxylamine groups is 1. The molecular formula is C21H15N3O2. The molecule has 5 nitrogen and oxygen atoms in total. The molecule has 4 rings (SSSR count). The predicted octanol–water partition coefficient (Wildman–Crippen LogP) is 4.08. The highest BCUT2D eigenvalue weighted by molar-refractivity contribution is 6.06. The number of carbonyl (C=O) groups excluding carboxylic acids is 1. The average molecular weight is 341 g/mol. The van der Waals surface area contributed by atoms with Gasteiger partial charge in [-0.1, -0.05) is 42.5 Å². The van der Waals surface area contributed by atoms with Gasteiger partial charge in [0.2, 0.25) is 0 Å². The first kappa shape index (κ1) is 15.9. The van der Waals surface area contributed by atoms with E-state index in [1.54, 1.807) is 23.9 Å². The SMILES string of the molecule is O=C(NO)c1cc(-c2ccc(-c3ccncc3)cc2)nc2ccccc12. The van der Waals surface area contributed by atoms with E-state index >= 15 is 0 Å². The van der Waals surface area contributed by atoms with Crippen LogP contribution in [0.1, 0.15) is 10.4 Å². The number of rotatable bonds is 3. The molecule has 26 heavy (non-hydrogen) atoms. The second kappa shape index (κ2) is 6.74. The van der Waals surface area contributed by atoms with Gasteiger partial charge in [-0.2, -0.15) is 0 Å². The highest BCUT2D eigenvalue weighted by Gasteiger charge is 2.13. The fourth-order valence-corrected chi connectivity index (χ4v) is 2.95. The molecule has 0 saturated heterocycles. The third-order valence-corrected chi connectivity index (χ3v) is 4.26. The number of benzene rings is 2. The number of nitrogens with zero attached hydrogens (tertiary/aromatic N) is 2. The molecule has 2 N–H and O–H groups in total. The fourth-order valence-electron chi connectivity index (χ4n) is 2.95. The van der Waals surface area contributed by atoms with Gasteiger partial charge in [-0.25, -0.2) is 10.5 Å². The van der Waals surface area contributed by atoms with E-state index in [2.05, 4.69) is 9.97 Å². The van der Waals surface area contributed by atoms with E-state index in [1.807, 2.05) is 60.7 Å². The van der Waals surface area contributed by atoms with Gasteiger partial charge in [0.25, 0.3) is 5.91 Å². The maximum absolute atomic E-state index is 12.1. The number of nitrogens with one attached hydrogen (secondary N) is 1. The number of carbonyl (C=O) groups is 1. The molecule has 0 aliphatic carbocycles. The van der Waals surface area contributed by atoms with Crippen LogP contribution in [0, 0.1) is 0 Å². The first-order valence-electron chi connectivity index (χ1n) is 8.11. The van der Waals surface area contributed by atoms with Gasteiger partial charge < -0.3 is 0 Å². The topological polar surface area (TPSA) is 75.1 Å². The minimum absolute atomic E-state index is 0.381. The Bertz CT molecular complexity index is 1080. The van der Waals surface area contributed by atoms with Crippen LogP contribution in [0.2, 0.25) is 0 Å². The van der Waals surface area contributed by atoms with Gasteiger partial charge in [-0.05, 0) is 35.4 Å². The Morgan fingerprint density at radius 3 is 2.23 bits per heavy atom. The lowest BCUT2D eigenvalue weighted by Crippen LogP contribution is -2.19. The van der Waals surface area contributed by atoms with Gasteiger partial charge in [0.1, 0.15) is 0 Å². The van der Waals surface area contributed by atoms with Crippen molar-refractivity contribution in [2.24, 2.45) is 0 Å². The summed E-state index contributed by atoms with van der Waals surface area (Å²) in [6, 6.07) is 20.9. The Hall–Kier alpha value is -3.57. The van der Waals surface area contributed by atoms with Crippen molar-refractivity contribution in [2.75, 3.05) is 0 Å². The first-order valence-corrected chi connectivity index (χ1v) is 8.11. The largest absolute Gasteiger partial charge is 0.288 e. The lowest BCUT2D eigenvalue weighted by molar-refractivity contribution is 0.0708. The number of amides is 1. The normalized spacial score (nSPS) is 10.7. The summed E-state index contributed by atoms with van der Waals surface area (Å²) in [5.41, 5.74) is 6.50. The molecule has 0 spiro atoms. The van der Waals surface area contributed by atoms with E-state index < -0.39 is 5.91 Å². The molecule has 0 aliphatic heterocycles. The second-order valence-corrected chi connectivity index (χ2v) is 5.83. The van der Waals surface area contributed by atoms with Gasteiger partial charge >= 0.3 is 0 Å². The van der Waals surface area contributed by atoms with Crippen LogP contribution < -0.4 is 5.48 Å². The van der Waals surface area contributed by atoms with Crippen LogP contribution in [0.25, 0.3) is 33.3 Å². The number of pyridine rings is 2. The van der Waals surface area contributed by atoms with E-state index in [-0.39, 0.29) is 0 Å². The van der Waals surface area contributed by atoms with Crippen LogP contribution in [0.5, 0.6) is 0 Å². The molecule has 0 unspecified atom stereocenters. The monoisotopic (exact) mass is 341 g/mol. The Labute approximate surface area is 149 Å². The minimum Gasteiger partial charge on any atom is -0.288 e.